The number of hydrogen-bond acceptors (Lipinski definition) is 7. The minimum atomic E-state index is -3.81. The maximum Gasteiger partial charge on any atom is 0.276 e. The van der Waals surface area contributed by atoms with Gasteiger partial charge in [-0.05, 0) is 55.7 Å². The molecule has 162 valence electrons. The van der Waals surface area contributed by atoms with Crippen LogP contribution in [0.4, 0.5) is 10.8 Å². The summed E-state index contributed by atoms with van der Waals surface area (Å²) in [6, 6.07) is 16.1. The monoisotopic (exact) mass is 465 g/mol. The third kappa shape index (κ3) is 3.82. The topological polar surface area (TPSA) is 105 Å². The second-order valence-corrected chi connectivity index (χ2v) is 10.3. The van der Waals surface area contributed by atoms with E-state index < -0.39 is 10.0 Å². The van der Waals surface area contributed by atoms with Crippen molar-refractivity contribution < 1.29 is 13.2 Å². The molecule has 2 aromatic carbocycles. The van der Waals surface area contributed by atoms with Crippen LogP contribution in [-0.2, 0) is 16.4 Å². The van der Waals surface area contributed by atoms with Gasteiger partial charge in [0.1, 0.15) is 10.7 Å². The van der Waals surface area contributed by atoms with Crippen molar-refractivity contribution in [2.24, 2.45) is 0 Å². The Morgan fingerprint density at radius 2 is 1.94 bits per heavy atom. The highest BCUT2D eigenvalue weighted by atomic mass is 32.2. The zero-order valence-electron chi connectivity index (χ0n) is 17.1. The van der Waals surface area contributed by atoms with Gasteiger partial charge in [0.05, 0.1) is 10.4 Å². The summed E-state index contributed by atoms with van der Waals surface area (Å²) in [6.45, 7) is 2.30. The van der Waals surface area contributed by atoms with Crippen molar-refractivity contribution in [3.63, 3.8) is 0 Å². The standard InChI is InChI=1S/C22H19N5O3S2/c1-14-24-25-22(31-14)26-32(29,30)17-9-11-20-16(13-17)6-4-12-27(20)21(28)19-10-8-15-5-2-3-7-18(15)23-19/h2-3,5,7-11,13H,4,6,12H2,1H3,(H,25,26). The van der Waals surface area contributed by atoms with Gasteiger partial charge in [0.25, 0.3) is 15.9 Å². The summed E-state index contributed by atoms with van der Waals surface area (Å²) in [5, 5.41) is 9.52. The van der Waals surface area contributed by atoms with Crippen LogP contribution in [0.25, 0.3) is 10.9 Å². The van der Waals surface area contributed by atoms with Crippen molar-refractivity contribution in [1.82, 2.24) is 15.2 Å². The summed E-state index contributed by atoms with van der Waals surface area (Å²) < 4.78 is 28.1. The molecular weight excluding hydrogens is 446 g/mol. The van der Waals surface area contributed by atoms with Gasteiger partial charge in [0, 0.05) is 17.6 Å². The van der Waals surface area contributed by atoms with Crippen LogP contribution in [0.15, 0.2) is 59.5 Å². The van der Waals surface area contributed by atoms with E-state index in [2.05, 4.69) is 19.9 Å². The Kier molecular flexibility index (Phi) is 5.10. The summed E-state index contributed by atoms with van der Waals surface area (Å²) in [4.78, 5) is 19.6. The predicted octanol–water partition coefficient (Wildman–Crippen LogP) is 3.79. The van der Waals surface area contributed by atoms with Crippen LogP contribution < -0.4 is 9.62 Å². The normalized spacial score (nSPS) is 13.7. The third-order valence-corrected chi connectivity index (χ3v) is 7.51. The van der Waals surface area contributed by atoms with E-state index in [1.807, 2.05) is 30.3 Å². The number of aryl methyl sites for hydroxylation is 2. The molecule has 0 fully saturated rings. The molecule has 0 atom stereocenters. The highest BCUT2D eigenvalue weighted by molar-refractivity contribution is 7.93. The van der Waals surface area contributed by atoms with E-state index in [9.17, 15) is 13.2 Å². The Bertz CT molecular complexity index is 1450. The molecule has 1 amide bonds. The van der Waals surface area contributed by atoms with Crippen LogP contribution in [0.5, 0.6) is 0 Å². The number of amides is 1. The molecule has 32 heavy (non-hydrogen) atoms. The lowest BCUT2D eigenvalue weighted by molar-refractivity contribution is 0.0980. The average Bonchev–Trinajstić information content (AvgIpc) is 3.21. The molecule has 1 aliphatic rings. The number of pyridine rings is 1. The maximum atomic E-state index is 13.3. The first kappa shape index (κ1) is 20.5. The number of carbonyl (C=O) groups excluding carboxylic acids is 1. The SMILES string of the molecule is Cc1nnc(NS(=O)(=O)c2ccc3c(c2)CCCN3C(=O)c2ccc3ccccc3n2)s1. The molecule has 0 aliphatic carbocycles. The first-order chi connectivity index (χ1) is 15.4. The summed E-state index contributed by atoms with van der Waals surface area (Å²) in [7, 11) is -3.81. The van der Waals surface area contributed by atoms with Gasteiger partial charge in [-0.2, -0.15) is 0 Å². The van der Waals surface area contributed by atoms with Crippen LogP contribution in [0.1, 0.15) is 27.5 Å². The minimum Gasteiger partial charge on any atom is -0.307 e. The molecule has 10 heteroatoms. The van der Waals surface area contributed by atoms with Gasteiger partial charge in [-0.25, -0.2) is 13.4 Å². The molecule has 0 spiro atoms. The van der Waals surface area contributed by atoms with Crippen LogP contribution in [0.3, 0.4) is 0 Å². The molecule has 0 saturated heterocycles. The summed E-state index contributed by atoms with van der Waals surface area (Å²) >= 11 is 1.17. The first-order valence-electron chi connectivity index (χ1n) is 10.0. The van der Waals surface area contributed by atoms with E-state index in [1.54, 1.807) is 30.0 Å². The smallest absolute Gasteiger partial charge is 0.276 e. The number of nitrogens with zero attached hydrogens (tertiary/aromatic N) is 4. The van der Waals surface area contributed by atoms with Crippen LogP contribution in [-0.4, -0.2) is 36.1 Å². The molecule has 3 heterocycles. The number of hydrogen-bond donors (Lipinski definition) is 1. The summed E-state index contributed by atoms with van der Waals surface area (Å²) in [5.41, 5.74) is 2.64. The predicted molar refractivity (Wildman–Crippen MR) is 124 cm³/mol. The lowest BCUT2D eigenvalue weighted by Gasteiger charge is -2.29. The molecule has 1 N–H and O–H groups in total. The number of anilines is 2. The highest BCUT2D eigenvalue weighted by Crippen LogP contribution is 2.31. The summed E-state index contributed by atoms with van der Waals surface area (Å²) in [5.74, 6) is -0.199. The van der Waals surface area contributed by atoms with Crippen LogP contribution >= 0.6 is 11.3 Å². The fourth-order valence-electron chi connectivity index (χ4n) is 3.79. The van der Waals surface area contributed by atoms with Gasteiger partial charge in [-0.1, -0.05) is 35.6 Å². The zero-order valence-corrected chi connectivity index (χ0v) is 18.8. The first-order valence-corrected chi connectivity index (χ1v) is 12.3. The zero-order chi connectivity index (χ0) is 22.3. The van der Waals surface area contributed by atoms with Gasteiger partial charge in [-0.3, -0.25) is 9.52 Å². The number of aromatic nitrogens is 3. The second-order valence-electron chi connectivity index (χ2n) is 7.47. The minimum absolute atomic E-state index is 0.127. The lowest BCUT2D eigenvalue weighted by Crippen LogP contribution is -2.36. The van der Waals surface area contributed by atoms with Crippen molar-refractivity contribution in [2.45, 2.75) is 24.7 Å². The molecule has 0 radical (unpaired) electrons. The largest absolute Gasteiger partial charge is 0.307 e. The number of carbonyl (C=O) groups is 1. The number of rotatable bonds is 4. The van der Waals surface area contributed by atoms with Crippen molar-refractivity contribution >= 4 is 49.0 Å². The van der Waals surface area contributed by atoms with E-state index in [0.29, 0.717) is 29.4 Å². The van der Waals surface area contributed by atoms with Crippen molar-refractivity contribution in [2.75, 3.05) is 16.2 Å². The number of nitrogens with one attached hydrogen (secondary N) is 1. The van der Waals surface area contributed by atoms with E-state index in [-0.39, 0.29) is 15.9 Å². The van der Waals surface area contributed by atoms with Crippen molar-refractivity contribution in [1.29, 1.82) is 0 Å². The molecule has 4 aromatic rings. The number of benzene rings is 2. The van der Waals surface area contributed by atoms with E-state index in [1.165, 1.54) is 17.4 Å². The van der Waals surface area contributed by atoms with Crippen molar-refractivity contribution in [3.05, 3.63) is 70.9 Å². The molecular formula is C22H19N5O3S2. The molecule has 2 aromatic heterocycles. The number of para-hydroxylation sites is 1. The molecule has 5 rings (SSSR count). The Labute approximate surface area is 189 Å². The fourth-order valence-corrected chi connectivity index (χ4v) is 5.66. The van der Waals surface area contributed by atoms with Gasteiger partial charge < -0.3 is 4.90 Å². The Hall–Kier alpha value is -3.37. The average molecular weight is 466 g/mol. The molecule has 0 bridgehead atoms. The maximum absolute atomic E-state index is 13.3. The summed E-state index contributed by atoms with van der Waals surface area (Å²) in [6.07, 6.45) is 1.42. The molecule has 1 aliphatic heterocycles. The van der Waals surface area contributed by atoms with E-state index in [4.69, 9.17) is 0 Å². The second kappa shape index (κ2) is 7.95. The number of sulfonamides is 1. The lowest BCUT2D eigenvalue weighted by atomic mass is 10.0. The van der Waals surface area contributed by atoms with E-state index in [0.717, 1.165) is 22.9 Å². The van der Waals surface area contributed by atoms with Crippen LogP contribution in [0, 0.1) is 6.92 Å². The fraction of sp³-hybridized carbons (Fsp3) is 0.182. The molecule has 0 unspecified atom stereocenters. The van der Waals surface area contributed by atoms with Gasteiger partial charge in [0.15, 0.2) is 0 Å². The van der Waals surface area contributed by atoms with Gasteiger partial charge in [0.2, 0.25) is 5.13 Å². The Morgan fingerprint density at radius 3 is 2.75 bits per heavy atom. The van der Waals surface area contributed by atoms with Crippen molar-refractivity contribution in [3.8, 4) is 0 Å². The quantitative estimate of drug-likeness (QED) is 0.492. The third-order valence-electron chi connectivity index (χ3n) is 5.29. The van der Waals surface area contributed by atoms with Crippen LogP contribution in [0.2, 0.25) is 0 Å². The molecule has 0 saturated carbocycles. The molecule has 8 nitrogen and oxygen atoms in total. The highest BCUT2D eigenvalue weighted by Gasteiger charge is 2.27. The van der Waals surface area contributed by atoms with Gasteiger partial charge in [-0.15, -0.1) is 10.2 Å². The Morgan fingerprint density at radius 1 is 1.09 bits per heavy atom. The van der Waals surface area contributed by atoms with E-state index >= 15 is 0 Å². The number of fused-ring (bicyclic) bond motifs is 2. The van der Waals surface area contributed by atoms with Gasteiger partial charge >= 0.3 is 0 Å². The Balaban J connectivity index is 1.45.